The highest BCUT2D eigenvalue weighted by Gasteiger charge is 2.47. The summed E-state index contributed by atoms with van der Waals surface area (Å²) >= 11 is 0. The molecule has 2 aromatic carbocycles. The van der Waals surface area contributed by atoms with Crippen molar-refractivity contribution in [2.24, 2.45) is 0 Å². The Labute approximate surface area is 197 Å². The van der Waals surface area contributed by atoms with E-state index >= 15 is 0 Å². The molecule has 3 aromatic rings. The van der Waals surface area contributed by atoms with Crippen LogP contribution in [0, 0.1) is 0 Å². The number of carbonyl (C=O) groups excluding carboxylic acids is 2. The Balaban J connectivity index is 1.82. The number of likely N-dealkylation sites (tertiary alicyclic amines) is 1. The van der Waals surface area contributed by atoms with Crippen LogP contribution in [0.5, 0.6) is 11.5 Å². The number of ketones is 1. The lowest BCUT2D eigenvalue weighted by Gasteiger charge is -2.26. The molecule has 0 bridgehead atoms. The molecule has 0 radical (unpaired) electrons. The summed E-state index contributed by atoms with van der Waals surface area (Å²) in [6.45, 7) is 4.11. The quantitative estimate of drug-likeness (QED) is 0.236. The molecular formula is C27H24N2O5. The predicted octanol–water partition coefficient (Wildman–Crippen LogP) is 4.28. The number of Topliss-reactive ketones (excluding diaryl/α,β-unsaturated/α-hetero) is 1. The molecule has 7 nitrogen and oxygen atoms in total. The number of nitrogens with zero attached hydrogens (tertiary/aromatic N) is 2. The van der Waals surface area contributed by atoms with Gasteiger partial charge in [0.2, 0.25) is 0 Å². The van der Waals surface area contributed by atoms with E-state index in [0.29, 0.717) is 29.2 Å². The van der Waals surface area contributed by atoms with Crippen LogP contribution >= 0.6 is 0 Å². The highest BCUT2D eigenvalue weighted by Crippen LogP contribution is 2.43. The highest BCUT2D eigenvalue weighted by atomic mass is 16.5. The molecule has 0 spiro atoms. The Morgan fingerprint density at radius 2 is 1.88 bits per heavy atom. The van der Waals surface area contributed by atoms with Crippen molar-refractivity contribution in [3.05, 3.63) is 108 Å². The second-order valence-electron chi connectivity index (χ2n) is 7.65. The van der Waals surface area contributed by atoms with Gasteiger partial charge in [-0.05, 0) is 42.0 Å². The number of aromatic nitrogens is 1. The number of hydrogen-bond donors (Lipinski definition) is 1. The van der Waals surface area contributed by atoms with Gasteiger partial charge < -0.3 is 19.5 Å². The SMILES string of the molecule is C=CCOc1ccc(/C(O)=C2\C(=O)C(=O)N(Cc3cccnc3)[C@@H]2c2ccccc2OC)cc1. The molecule has 2 heterocycles. The predicted molar refractivity (Wildman–Crippen MR) is 127 cm³/mol. The van der Waals surface area contributed by atoms with Gasteiger partial charge >= 0.3 is 0 Å². The van der Waals surface area contributed by atoms with E-state index in [1.165, 1.54) is 12.0 Å². The lowest BCUT2D eigenvalue weighted by Crippen LogP contribution is -2.29. The minimum Gasteiger partial charge on any atom is -0.507 e. The molecule has 1 saturated heterocycles. The monoisotopic (exact) mass is 456 g/mol. The molecule has 7 heteroatoms. The van der Waals surface area contributed by atoms with Gasteiger partial charge in [-0.15, -0.1) is 0 Å². The molecule has 1 aliphatic heterocycles. The fourth-order valence-corrected chi connectivity index (χ4v) is 3.97. The largest absolute Gasteiger partial charge is 0.507 e. The number of aliphatic hydroxyl groups is 1. The average Bonchev–Trinajstić information content (AvgIpc) is 3.12. The van der Waals surface area contributed by atoms with Gasteiger partial charge in [0.25, 0.3) is 11.7 Å². The minimum absolute atomic E-state index is 0.00171. The zero-order valence-electron chi connectivity index (χ0n) is 18.7. The maximum atomic E-state index is 13.2. The number of pyridine rings is 1. The Kier molecular flexibility index (Phi) is 6.73. The van der Waals surface area contributed by atoms with Crippen molar-refractivity contribution in [1.29, 1.82) is 0 Å². The maximum absolute atomic E-state index is 13.2. The maximum Gasteiger partial charge on any atom is 0.295 e. The number of amides is 1. The average molecular weight is 456 g/mol. The number of para-hydroxylation sites is 1. The van der Waals surface area contributed by atoms with Crippen LogP contribution in [0.15, 0.2) is 91.3 Å². The van der Waals surface area contributed by atoms with Gasteiger partial charge in [0.15, 0.2) is 0 Å². The molecule has 0 saturated carbocycles. The fourth-order valence-electron chi connectivity index (χ4n) is 3.97. The second kappa shape index (κ2) is 10.0. The van der Waals surface area contributed by atoms with Crippen molar-refractivity contribution < 1.29 is 24.2 Å². The van der Waals surface area contributed by atoms with E-state index in [1.807, 2.05) is 6.07 Å². The van der Waals surface area contributed by atoms with Gasteiger partial charge in [0.1, 0.15) is 23.9 Å². The van der Waals surface area contributed by atoms with Crippen LogP contribution in [0.2, 0.25) is 0 Å². The first-order chi connectivity index (χ1) is 16.5. The van der Waals surface area contributed by atoms with Crippen LogP contribution in [-0.2, 0) is 16.1 Å². The van der Waals surface area contributed by atoms with Crippen LogP contribution in [0.25, 0.3) is 5.76 Å². The molecule has 0 unspecified atom stereocenters. The van der Waals surface area contributed by atoms with Gasteiger partial charge in [-0.2, -0.15) is 0 Å². The van der Waals surface area contributed by atoms with Crippen LogP contribution in [0.3, 0.4) is 0 Å². The van der Waals surface area contributed by atoms with Gasteiger partial charge in [-0.1, -0.05) is 36.9 Å². The standard InChI is InChI=1S/C27H24N2O5/c1-3-15-34-20-12-10-19(11-13-20)25(30)23-24(21-8-4-5-9-22(21)33-2)29(27(32)26(23)31)17-18-7-6-14-28-16-18/h3-14,16,24,30H,1,15,17H2,2H3/b25-23+/t24-/m1/s1. The van der Waals surface area contributed by atoms with Gasteiger partial charge in [-0.3, -0.25) is 14.6 Å². The summed E-state index contributed by atoms with van der Waals surface area (Å²) in [5, 5.41) is 11.2. The summed E-state index contributed by atoms with van der Waals surface area (Å²) in [6, 6.07) is 16.5. The summed E-state index contributed by atoms with van der Waals surface area (Å²) in [5.41, 5.74) is 1.75. The van der Waals surface area contributed by atoms with E-state index in [1.54, 1.807) is 73.1 Å². The number of carbonyl (C=O) groups is 2. The van der Waals surface area contributed by atoms with E-state index in [-0.39, 0.29) is 17.9 Å². The second-order valence-corrected chi connectivity index (χ2v) is 7.65. The molecule has 172 valence electrons. The Bertz CT molecular complexity index is 1240. The molecule has 1 aromatic heterocycles. The van der Waals surface area contributed by atoms with E-state index in [4.69, 9.17) is 9.47 Å². The summed E-state index contributed by atoms with van der Waals surface area (Å²) in [7, 11) is 1.52. The number of hydrogen-bond acceptors (Lipinski definition) is 6. The number of rotatable bonds is 8. The third-order valence-corrected chi connectivity index (χ3v) is 5.54. The molecular weight excluding hydrogens is 432 g/mol. The zero-order chi connectivity index (χ0) is 24.1. The van der Waals surface area contributed by atoms with Crippen molar-refractivity contribution >= 4 is 17.4 Å². The third kappa shape index (κ3) is 4.41. The molecule has 1 aliphatic rings. The molecule has 1 N–H and O–H groups in total. The van der Waals surface area contributed by atoms with Gasteiger partial charge in [-0.25, -0.2) is 0 Å². The van der Waals surface area contributed by atoms with Crippen molar-refractivity contribution in [1.82, 2.24) is 9.88 Å². The minimum atomic E-state index is -0.840. The lowest BCUT2D eigenvalue weighted by molar-refractivity contribution is -0.140. The lowest BCUT2D eigenvalue weighted by atomic mass is 9.94. The first kappa shape index (κ1) is 22.8. The topological polar surface area (TPSA) is 89.0 Å². The van der Waals surface area contributed by atoms with Gasteiger partial charge in [0, 0.05) is 30.1 Å². The Morgan fingerprint density at radius 3 is 2.56 bits per heavy atom. The molecule has 4 rings (SSSR count). The number of methoxy groups -OCH3 is 1. The van der Waals surface area contributed by atoms with Crippen molar-refractivity contribution in [2.45, 2.75) is 12.6 Å². The first-order valence-electron chi connectivity index (χ1n) is 10.7. The van der Waals surface area contributed by atoms with Crippen LogP contribution in [0.4, 0.5) is 0 Å². The Hall–Kier alpha value is -4.39. The molecule has 34 heavy (non-hydrogen) atoms. The normalized spacial score (nSPS) is 17.0. The molecule has 1 amide bonds. The van der Waals surface area contributed by atoms with E-state index in [9.17, 15) is 14.7 Å². The van der Waals surface area contributed by atoms with E-state index in [0.717, 1.165) is 5.56 Å². The van der Waals surface area contributed by atoms with Crippen molar-refractivity contribution in [2.75, 3.05) is 13.7 Å². The number of aliphatic hydroxyl groups excluding tert-OH is 1. The summed E-state index contributed by atoms with van der Waals surface area (Å²) < 4.78 is 11.0. The highest BCUT2D eigenvalue weighted by molar-refractivity contribution is 6.46. The van der Waals surface area contributed by atoms with E-state index < -0.39 is 17.7 Å². The van der Waals surface area contributed by atoms with Crippen LogP contribution in [0.1, 0.15) is 22.7 Å². The molecule has 1 fully saturated rings. The smallest absolute Gasteiger partial charge is 0.295 e. The van der Waals surface area contributed by atoms with E-state index in [2.05, 4.69) is 11.6 Å². The third-order valence-electron chi connectivity index (χ3n) is 5.54. The molecule has 0 aliphatic carbocycles. The fraction of sp³-hybridized carbons (Fsp3) is 0.148. The summed E-state index contributed by atoms with van der Waals surface area (Å²) in [4.78, 5) is 31.9. The number of ether oxygens (including phenoxy) is 2. The van der Waals surface area contributed by atoms with Crippen molar-refractivity contribution in [3.63, 3.8) is 0 Å². The van der Waals surface area contributed by atoms with Crippen LogP contribution in [-0.4, -0.2) is 40.4 Å². The zero-order valence-corrected chi connectivity index (χ0v) is 18.7. The molecule has 1 atom stereocenters. The summed E-state index contributed by atoms with van der Waals surface area (Å²) in [6.07, 6.45) is 4.91. The van der Waals surface area contributed by atoms with Crippen LogP contribution < -0.4 is 9.47 Å². The Morgan fingerprint density at radius 1 is 1.12 bits per heavy atom. The van der Waals surface area contributed by atoms with Gasteiger partial charge in [0.05, 0.1) is 18.7 Å². The number of benzene rings is 2. The van der Waals surface area contributed by atoms with Crippen molar-refractivity contribution in [3.8, 4) is 11.5 Å². The first-order valence-corrected chi connectivity index (χ1v) is 10.7. The summed E-state index contributed by atoms with van der Waals surface area (Å²) in [5.74, 6) is -0.630.